The van der Waals surface area contributed by atoms with Crippen LogP contribution >= 0.6 is 0 Å². The quantitative estimate of drug-likeness (QED) is 0.0754. The SMILES string of the molecule is CCCC(c1ccc(CCCCCCCCCCCc2ccc(C(CCC)c3ccc(N)cc3C)cc2)cc1)c1ccc(N)cc1C. The Morgan fingerprint density at radius 2 is 0.787 bits per heavy atom. The number of hydrogen-bond acceptors (Lipinski definition) is 2. The summed E-state index contributed by atoms with van der Waals surface area (Å²) in [5, 5.41) is 0. The van der Waals surface area contributed by atoms with Gasteiger partial charge in [-0.3, -0.25) is 0 Å². The normalized spacial score (nSPS) is 12.7. The Hall–Kier alpha value is -3.52. The van der Waals surface area contributed by atoms with E-state index >= 15 is 0 Å². The Balaban J connectivity index is 1.07. The molecule has 0 saturated heterocycles. The van der Waals surface area contributed by atoms with Crippen LogP contribution in [0, 0.1) is 13.8 Å². The van der Waals surface area contributed by atoms with Gasteiger partial charge in [0.1, 0.15) is 0 Å². The molecular formula is C45H62N2. The molecule has 252 valence electrons. The van der Waals surface area contributed by atoms with Crippen molar-refractivity contribution in [3.8, 4) is 0 Å². The fourth-order valence-corrected chi connectivity index (χ4v) is 7.49. The zero-order chi connectivity index (χ0) is 33.4. The molecule has 0 bridgehead atoms. The summed E-state index contributed by atoms with van der Waals surface area (Å²) in [4.78, 5) is 0. The first-order valence-corrected chi connectivity index (χ1v) is 18.8. The van der Waals surface area contributed by atoms with Crippen molar-refractivity contribution in [3.05, 3.63) is 129 Å². The Morgan fingerprint density at radius 1 is 0.447 bits per heavy atom. The van der Waals surface area contributed by atoms with Crippen molar-refractivity contribution < 1.29 is 0 Å². The molecule has 2 heteroatoms. The molecule has 47 heavy (non-hydrogen) atoms. The van der Waals surface area contributed by atoms with E-state index in [0.29, 0.717) is 11.8 Å². The van der Waals surface area contributed by atoms with Crippen molar-refractivity contribution in [2.24, 2.45) is 0 Å². The van der Waals surface area contributed by atoms with E-state index in [2.05, 4.69) is 100 Å². The second-order valence-corrected chi connectivity index (χ2v) is 14.1. The highest BCUT2D eigenvalue weighted by Crippen LogP contribution is 2.34. The van der Waals surface area contributed by atoms with Gasteiger partial charge in [0, 0.05) is 23.2 Å². The maximum absolute atomic E-state index is 6.02. The van der Waals surface area contributed by atoms with Gasteiger partial charge in [-0.1, -0.05) is 132 Å². The van der Waals surface area contributed by atoms with Gasteiger partial charge in [-0.15, -0.1) is 0 Å². The highest BCUT2D eigenvalue weighted by atomic mass is 14.5. The van der Waals surface area contributed by atoms with E-state index in [4.69, 9.17) is 11.5 Å². The van der Waals surface area contributed by atoms with Crippen LogP contribution in [0.5, 0.6) is 0 Å². The number of anilines is 2. The maximum atomic E-state index is 6.02. The van der Waals surface area contributed by atoms with Gasteiger partial charge in [0.2, 0.25) is 0 Å². The Morgan fingerprint density at radius 3 is 1.11 bits per heavy atom. The average molecular weight is 631 g/mol. The topological polar surface area (TPSA) is 52.0 Å². The van der Waals surface area contributed by atoms with Gasteiger partial charge >= 0.3 is 0 Å². The van der Waals surface area contributed by atoms with Crippen molar-refractivity contribution in [2.45, 2.75) is 136 Å². The summed E-state index contributed by atoms with van der Waals surface area (Å²) in [5.41, 5.74) is 25.0. The fourth-order valence-electron chi connectivity index (χ4n) is 7.49. The summed E-state index contributed by atoms with van der Waals surface area (Å²) in [6, 6.07) is 31.7. The van der Waals surface area contributed by atoms with Crippen molar-refractivity contribution >= 4 is 11.4 Å². The van der Waals surface area contributed by atoms with Crippen LogP contribution in [0.25, 0.3) is 0 Å². The lowest BCUT2D eigenvalue weighted by Crippen LogP contribution is -2.04. The monoisotopic (exact) mass is 630 g/mol. The molecule has 0 aromatic heterocycles. The zero-order valence-corrected chi connectivity index (χ0v) is 30.0. The molecule has 4 aromatic rings. The molecule has 0 saturated carbocycles. The van der Waals surface area contributed by atoms with Crippen LogP contribution in [-0.4, -0.2) is 0 Å². The lowest BCUT2D eigenvalue weighted by molar-refractivity contribution is 0.558. The predicted molar refractivity (Wildman–Crippen MR) is 207 cm³/mol. The molecule has 0 fully saturated rings. The van der Waals surface area contributed by atoms with Crippen LogP contribution in [0.3, 0.4) is 0 Å². The minimum absolute atomic E-state index is 0.454. The van der Waals surface area contributed by atoms with E-state index in [9.17, 15) is 0 Å². The van der Waals surface area contributed by atoms with E-state index in [1.807, 2.05) is 12.1 Å². The van der Waals surface area contributed by atoms with Crippen molar-refractivity contribution in [2.75, 3.05) is 11.5 Å². The standard InChI is InChI=1S/C45H62N2/c1-5-16-44(42-30-28-40(46)32-34(42)3)38-24-20-36(21-25-38)18-14-12-10-8-7-9-11-13-15-19-37-22-26-39(27-23-37)45(17-6-2)43-31-29-41(47)33-35(43)4/h20-33,44-45H,5-19,46-47H2,1-4H3. The molecule has 4 aromatic carbocycles. The van der Waals surface area contributed by atoms with E-state index in [1.165, 1.54) is 141 Å². The van der Waals surface area contributed by atoms with Crippen LogP contribution in [0.2, 0.25) is 0 Å². The lowest BCUT2D eigenvalue weighted by atomic mass is 9.84. The first-order chi connectivity index (χ1) is 22.9. The minimum atomic E-state index is 0.454. The molecule has 2 atom stereocenters. The number of aryl methyl sites for hydroxylation is 4. The molecule has 2 nitrogen and oxygen atoms in total. The molecule has 0 aliphatic rings. The largest absolute Gasteiger partial charge is 0.399 e. The van der Waals surface area contributed by atoms with E-state index in [0.717, 1.165) is 11.4 Å². The molecule has 4 N–H and O–H groups in total. The molecule has 0 heterocycles. The van der Waals surface area contributed by atoms with Crippen LogP contribution in [0.15, 0.2) is 84.9 Å². The van der Waals surface area contributed by atoms with Gasteiger partial charge in [-0.25, -0.2) is 0 Å². The Bertz CT molecular complexity index is 1350. The van der Waals surface area contributed by atoms with Crippen molar-refractivity contribution in [3.63, 3.8) is 0 Å². The van der Waals surface area contributed by atoms with Crippen LogP contribution in [0.4, 0.5) is 11.4 Å². The average Bonchev–Trinajstić information content (AvgIpc) is 3.06. The van der Waals surface area contributed by atoms with Crippen molar-refractivity contribution in [1.82, 2.24) is 0 Å². The molecule has 2 unspecified atom stereocenters. The highest BCUT2D eigenvalue weighted by molar-refractivity contribution is 5.49. The summed E-state index contributed by atoms with van der Waals surface area (Å²) in [7, 11) is 0. The van der Waals surface area contributed by atoms with Crippen LogP contribution < -0.4 is 11.5 Å². The summed E-state index contributed by atoms with van der Waals surface area (Å²) in [6.45, 7) is 8.94. The van der Waals surface area contributed by atoms with Crippen LogP contribution in [0.1, 0.15) is 154 Å². The Kier molecular flexibility index (Phi) is 14.9. The lowest BCUT2D eigenvalue weighted by Gasteiger charge is -2.20. The molecule has 4 rings (SSSR count). The van der Waals surface area contributed by atoms with E-state index in [-0.39, 0.29) is 0 Å². The number of nitrogens with two attached hydrogens (primary N) is 2. The first kappa shape index (κ1) is 36.3. The van der Waals surface area contributed by atoms with Crippen LogP contribution in [-0.2, 0) is 12.8 Å². The third-order valence-electron chi connectivity index (χ3n) is 10.2. The summed E-state index contributed by atoms with van der Waals surface area (Å²) < 4.78 is 0. The van der Waals surface area contributed by atoms with Gasteiger partial charge in [0.05, 0.1) is 0 Å². The van der Waals surface area contributed by atoms with Gasteiger partial charge in [-0.05, 0) is 121 Å². The molecular weight excluding hydrogens is 569 g/mol. The van der Waals surface area contributed by atoms with E-state index in [1.54, 1.807) is 0 Å². The van der Waals surface area contributed by atoms with Gasteiger partial charge in [-0.2, -0.15) is 0 Å². The molecule has 0 amide bonds. The van der Waals surface area contributed by atoms with E-state index < -0.39 is 0 Å². The van der Waals surface area contributed by atoms with Gasteiger partial charge < -0.3 is 11.5 Å². The third kappa shape index (κ3) is 11.3. The van der Waals surface area contributed by atoms with Gasteiger partial charge in [0.25, 0.3) is 0 Å². The van der Waals surface area contributed by atoms with Crippen molar-refractivity contribution in [1.29, 1.82) is 0 Å². The number of hydrogen-bond donors (Lipinski definition) is 2. The second-order valence-electron chi connectivity index (χ2n) is 14.1. The zero-order valence-electron chi connectivity index (χ0n) is 30.0. The number of unbranched alkanes of at least 4 members (excludes halogenated alkanes) is 8. The number of rotatable bonds is 20. The third-order valence-corrected chi connectivity index (χ3v) is 10.2. The molecule has 0 spiro atoms. The second kappa shape index (κ2) is 19.3. The summed E-state index contributed by atoms with van der Waals surface area (Å²) in [5.74, 6) is 0.908. The minimum Gasteiger partial charge on any atom is -0.399 e. The molecule has 0 aliphatic heterocycles. The summed E-state index contributed by atoms with van der Waals surface area (Å²) in [6.07, 6.45) is 19.3. The molecule has 0 aliphatic carbocycles. The maximum Gasteiger partial charge on any atom is 0.0316 e. The number of nitrogen functional groups attached to an aromatic ring is 2. The van der Waals surface area contributed by atoms with Gasteiger partial charge in [0.15, 0.2) is 0 Å². The predicted octanol–water partition coefficient (Wildman–Crippen LogP) is 12.6. The smallest absolute Gasteiger partial charge is 0.0316 e. The number of benzene rings is 4. The summed E-state index contributed by atoms with van der Waals surface area (Å²) >= 11 is 0. The first-order valence-electron chi connectivity index (χ1n) is 18.8. The Labute approximate surface area is 287 Å². The highest BCUT2D eigenvalue weighted by Gasteiger charge is 2.17. The fraction of sp³-hybridized carbons (Fsp3) is 0.467. The molecule has 0 radical (unpaired) electrons.